The van der Waals surface area contributed by atoms with Crippen molar-refractivity contribution in [2.24, 2.45) is 0 Å². The minimum Gasteiger partial charge on any atom is -0.364 e. The largest absolute Gasteiger partial charge is 0.364 e. The van der Waals surface area contributed by atoms with Crippen molar-refractivity contribution in [1.29, 1.82) is 0 Å². The number of pyridine rings is 1. The molecule has 0 saturated carbocycles. The van der Waals surface area contributed by atoms with Gasteiger partial charge in [0, 0.05) is 12.7 Å². The van der Waals surface area contributed by atoms with Gasteiger partial charge in [-0.15, -0.1) is 0 Å². The van der Waals surface area contributed by atoms with Crippen molar-refractivity contribution in [1.82, 2.24) is 4.98 Å². The molecule has 0 unspecified atom stereocenters. The molecule has 0 bridgehead atoms. The average Bonchev–Trinajstić information content (AvgIpc) is 2.29. The highest BCUT2D eigenvalue weighted by Gasteiger charge is 2.00. The van der Waals surface area contributed by atoms with Crippen LogP contribution in [0.5, 0.6) is 0 Å². The number of anilines is 1. The fourth-order valence-corrected chi connectivity index (χ4v) is 1.30. The Morgan fingerprint density at radius 1 is 1.07 bits per heavy atom. The van der Waals surface area contributed by atoms with Crippen molar-refractivity contribution in [3.8, 4) is 0 Å². The lowest BCUT2D eigenvalue weighted by Crippen LogP contribution is -2.02. The van der Waals surface area contributed by atoms with E-state index in [1.807, 2.05) is 30.3 Å². The SMILES string of the molecule is Fc1cccnc1NCc1ccccc1. The van der Waals surface area contributed by atoms with Crippen LogP contribution in [0.15, 0.2) is 48.7 Å². The minimum atomic E-state index is -0.326. The first-order chi connectivity index (χ1) is 7.36. The van der Waals surface area contributed by atoms with Gasteiger partial charge in [-0.05, 0) is 17.7 Å². The molecule has 2 nitrogen and oxygen atoms in total. The second-order valence-electron chi connectivity index (χ2n) is 3.17. The van der Waals surface area contributed by atoms with Gasteiger partial charge in [0.2, 0.25) is 0 Å². The highest BCUT2D eigenvalue weighted by Crippen LogP contribution is 2.10. The second kappa shape index (κ2) is 4.55. The van der Waals surface area contributed by atoms with Crippen molar-refractivity contribution in [2.75, 3.05) is 5.32 Å². The standard InChI is InChI=1S/C12H11FN2/c13-11-7-4-8-14-12(11)15-9-10-5-2-1-3-6-10/h1-8H,9H2,(H,14,15). The van der Waals surface area contributed by atoms with Crippen LogP contribution in [0.2, 0.25) is 0 Å². The van der Waals surface area contributed by atoms with E-state index in [1.54, 1.807) is 12.3 Å². The normalized spacial score (nSPS) is 9.93. The topological polar surface area (TPSA) is 24.9 Å². The molecule has 2 aromatic rings. The number of halogens is 1. The van der Waals surface area contributed by atoms with E-state index in [0.717, 1.165) is 5.56 Å². The lowest BCUT2D eigenvalue weighted by molar-refractivity contribution is 0.624. The highest BCUT2D eigenvalue weighted by molar-refractivity contribution is 5.36. The Balaban J connectivity index is 2.03. The van der Waals surface area contributed by atoms with E-state index in [9.17, 15) is 4.39 Å². The molecule has 0 aliphatic rings. The molecule has 0 atom stereocenters. The number of aromatic nitrogens is 1. The van der Waals surface area contributed by atoms with Gasteiger partial charge in [-0.1, -0.05) is 30.3 Å². The zero-order valence-electron chi connectivity index (χ0n) is 8.15. The Bertz CT molecular complexity index is 429. The summed E-state index contributed by atoms with van der Waals surface area (Å²) in [7, 11) is 0. The summed E-state index contributed by atoms with van der Waals surface area (Å²) in [6.07, 6.45) is 1.57. The molecular formula is C12H11FN2. The Labute approximate surface area is 87.8 Å². The van der Waals surface area contributed by atoms with Crippen molar-refractivity contribution in [3.63, 3.8) is 0 Å². The Morgan fingerprint density at radius 3 is 2.60 bits per heavy atom. The van der Waals surface area contributed by atoms with E-state index >= 15 is 0 Å². The van der Waals surface area contributed by atoms with Gasteiger partial charge < -0.3 is 5.32 Å². The summed E-state index contributed by atoms with van der Waals surface area (Å²) in [6, 6.07) is 12.8. The zero-order valence-corrected chi connectivity index (χ0v) is 8.15. The minimum absolute atomic E-state index is 0.293. The number of nitrogens with zero attached hydrogens (tertiary/aromatic N) is 1. The first kappa shape index (κ1) is 9.65. The smallest absolute Gasteiger partial charge is 0.165 e. The molecule has 2 rings (SSSR count). The first-order valence-corrected chi connectivity index (χ1v) is 4.74. The highest BCUT2D eigenvalue weighted by atomic mass is 19.1. The predicted octanol–water partition coefficient (Wildman–Crippen LogP) is 2.83. The molecular weight excluding hydrogens is 191 g/mol. The number of benzene rings is 1. The van der Waals surface area contributed by atoms with E-state index in [4.69, 9.17) is 0 Å². The summed E-state index contributed by atoms with van der Waals surface area (Å²) < 4.78 is 13.2. The summed E-state index contributed by atoms with van der Waals surface area (Å²) in [6.45, 7) is 0.578. The van der Waals surface area contributed by atoms with Crippen molar-refractivity contribution in [2.45, 2.75) is 6.54 Å². The number of nitrogens with one attached hydrogen (secondary N) is 1. The molecule has 0 fully saturated rings. The van der Waals surface area contributed by atoms with Crippen molar-refractivity contribution in [3.05, 3.63) is 60.0 Å². The summed E-state index contributed by atoms with van der Waals surface area (Å²) in [5, 5.41) is 2.94. The quantitative estimate of drug-likeness (QED) is 0.827. The third-order valence-corrected chi connectivity index (χ3v) is 2.06. The van der Waals surface area contributed by atoms with E-state index in [1.165, 1.54) is 6.07 Å². The van der Waals surface area contributed by atoms with Crippen LogP contribution in [-0.2, 0) is 6.54 Å². The van der Waals surface area contributed by atoms with Crippen LogP contribution in [-0.4, -0.2) is 4.98 Å². The molecule has 0 amide bonds. The maximum atomic E-state index is 13.2. The van der Waals surface area contributed by atoms with Crippen LogP contribution in [0.3, 0.4) is 0 Å². The molecule has 15 heavy (non-hydrogen) atoms. The molecule has 1 aromatic heterocycles. The van der Waals surface area contributed by atoms with Gasteiger partial charge in [0.15, 0.2) is 11.6 Å². The number of hydrogen-bond donors (Lipinski definition) is 1. The maximum Gasteiger partial charge on any atom is 0.165 e. The molecule has 1 N–H and O–H groups in total. The Kier molecular flexibility index (Phi) is 2.93. The monoisotopic (exact) mass is 202 g/mol. The van der Waals surface area contributed by atoms with Crippen LogP contribution in [0.4, 0.5) is 10.2 Å². The molecule has 1 aromatic carbocycles. The summed E-state index contributed by atoms with van der Waals surface area (Å²) in [5.41, 5.74) is 1.10. The van der Waals surface area contributed by atoms with Gasteiger partial charge >= 0.3 is 0 Å². The Hall–Kier alpha value is -1.90. The molecule has 76 valence electrons. The number of hydrogen-bond acceptors (Lipinski definition) is 2. The summed E-state index contributed by atoms with van der Waals surface area (Å²) in [5.74, 6) is -0.0326. The third-order valence-electron chi connectivity index (χ3n) is 2.06. The van der Waals surface area contributed by atoms with E-state index in [0.29, 0.717) is 12.4 Å². The molecule has 0 aliphatic carbocycles. The van der Waals surface area contributed by atoms with E-state index in [-0.39, 0.29) is 5.82 Å². The maximum absolute atomic E-state index is 13.2. The van der Waals surface area contributed by atoms with Crippen LogP contribution >= 0.6 is 0 Å². The molecule has 1 heterocycles. The van der Waals surface area contributed by atoms with Crippen LogP contribution < -0.4 is 5.32 Å². The molecule has 0 saturated heterocycles. The van der Waals surface area contributed by atoms with Gasteiger partial charge in [-0.3, -0.25) is 0 Å². The lowest BCUT2D eigenvalue weighted by Gasteiger charge is -2.05. The van der Waals surface area contributed by atoms with Crippen molar-refractivity contribution >= 4 is 5.82 Å². The van der Waals surface area contributed by atoms with Crippen LogP contribution in [0.1, 0.15) is 5.56 Å². The third kappa shape index (κ3) is 2.53. The van der Waals surface area contributed by atoms with Gasteiger partial charge in [0.25, 0.3) is 0 Å². The lowest BCUT2D eigenvalue weighted by atomic mass is 10.2. The molecule has 3 heteroatoms. The van der Waals surface area contributed by atoms with Gasteiger partial charge in [0.05, 0.1) is 0 Å². The molecule has 0 aliphatic heterocycles. The zero-order chi connectivity index (χ0) is 10.5. The fourth-order valence-electron chi connectivity index (χ4n) is 1.30. The van der Waals surface area contributed by atoms with Gasteiger partial charge in [-0.2, -0.15) is 0 Å². The van der Waals surface area contributed by atoms with E-state index < -0.39 is 0 Å². The van der Waals surface area contributed by atoms with Gasteiger partial charge in [-0.25, -0.2) is 9.37 Å². The predicted molar refractivity (Wildman–Crippen MR) is 58.0 cm³/mol. The molecule has 0 radical (unpaired) electrons. The molecule has 0 spiro atoms. The second-order valence-corrected chi connectivity index (χ2v) is 3.17. The van der Waals surface area contributed by atoms with E-state index in [2.05, 4.69) is 10.3 Å². The first-order valence-electron chi connectivity index (χ1n) is 4.74. The summed E-state index contributed by atoms with van der Waals surface area (Å²) >= 11 is 0. The van der Waals surface area contributed by atoms with Crippen LogP contribution in [0.25, 0.3) is 0 Å². The fraction of sp³-hybridized carbons (Fsp3) is 0.0833. The van der Waals surface area contributed by atoms with Gasteiger partial charge in [0.1, 0.15) is 0 Å². The average molecular weight is 202 g/mol. The Morgan fingerprint density at radius 2 is 1.87 bits per heavy atom. The van der Waals surface area contributed by atoms with Crippen LogP contribution in [0, 0.1) is 5.82 Å². The number of rotatable bonds is 3. The van der Waals surface area contributed by atoms with Crippen molar-refractivity contribution < 1.29 is 4.39 Å². The summed E-state index contributed by atoms with van der Waals surface area (Å²) in [4.78, 5) is 3.91.